The minimum atomic E-state index is -0.403. The van der Waals surface area contributed by atoms with Gasteiger partial charge in [0.15, 0.2) is 0 Å². The number of hydrogen-bond acceptors (Lipinski definition) is 2. The maximum atomic E-state index is 11.2. The number of nitrogens with zero attached hydrogens (tertiary/aromatic N) is 1. The topological polar surface area (TPSA) is 40.5 Å². The Kier molecular flexibility index (Phi) is 1.42. The van der Waals surface area contributed by atoms with Gasteiger partial charge >= 0.3 is 0 Å². The molecule has 62 valence electrons. The minimum absolute atomic E-state index is 0.127. The molecule has 3 nitrogen and oxygen atoms in total. The first-order chi connectivity index (χ1) is 5.20. The van der Waals surface area contributed by atoms with Crippen LogP contribution in [0.3, 0.4) is 0 Å². The maximum absolute atomic E-state index is 11.2. The Labute approximate surface area is 66.0 Å². The van der Waals surface area contributed by atoms with Gasteiger partial charge in [0.1, 0.15) is 0 Å². The number of fused-ring (bicyclic) bond motifs is 1. The molecule has 0 radical (unpaired) electrons. The van der Waals surface area contributed by atoms with E-state index in [0.29, 0.717) is 12.3 Å². The number of aliphatic hydroxyl groups excluding tert-OH is 1. The Hall–Kier alpha value is -0.570. The molecule has 0 saturated carbocycles. The van der Waals surface area contributed by atoms with E-state index in [0.717, 1.165) is 13.0 Å². The van der Waals surface area contributed by atoms with Crippen LogP contribution in [0.15, 0.2) is 0 Å². The number of rotatable bonds is 0. The molecular weight excluding hydrogens is 142 g/mol. The Morgan fingerprint density at radius 1 is 1.64 bits per heavy atom. The second kappa shape index (κ2) is 2.21. The maximum Gasteiger partial charge on any atom is 0.225 e. The van der Waals surface area contributed by atoms with Gasteiger partial charge in [-0.15, -0.1) is 0 Å². The number of hydrogen-bond donors (Lipinski definition) is 1. The van der Waals surface area contributed by atoms with Gasteiger partial charge in [-0.05, 0) is 12.3 Å². The summed E-state index contributed by atoms with van der Waals surface area (Å²) in [5.41, 5.74) is 0. The lowest BCUT2D eigenvalue weighted by molar-refractivity contribution is -0.128. The van der Waals surface area contributed by atoms with Gasteiger partial charge < -0.3 is 10.0 Å². The fourth-order valence-corrected chi connectivity index (χ4v) is 2.26. The molecule has 2 fully saturated rings. The first-order valence-corrected chi connectivity index (χ1v) is 4.17. The SMILES string of the molecule is C[C@@H]1CCN2C(=O)C[C@H](O)[C@H]12. The molecule has 3 atom stereocenters. The van der Waals surface area contributed by atoms with Crippen LogP contribution >= 0.6 is 0 Å². The van der Waals surface area contributed by atoms with E-state index in [9.17, 15) is 9.90 Å². The van der Waals surface area contributed by atoms with Crippen LogP contribution in [0.2, 0.25) is 0 Å². The number of carbonyl (C=O) groups excluding carboxylic acids is 1. The van der Waals surface area contributed by atoms with E-state index >= 15 is 0 Å². The quantitative estimate of drug-likeness (QED) is 0.534. The molecule has 11 heavy (non-hydrogen) atoms. The molecule has 0 aliphatic carbocycles. The van der Waals surface area contributed by atoms with Gasteiger partial charge in [0.05, 0.1) is 18.6 Å². The molecule has 0 aromatic heterocycles. The van der Waals surface area contributed by atoms with Crippen molar-refractivity contribution in [2.75, 3.05) is 6.54 Å². The summed E-state index contributed by atoms with van der Waals surface area (Å²) >= 11 is 0. The summed E-state index contributed by atoms with van der Waals surface area (Å²) in [4.78, 5) is 13.0. The van der Waals surface area contributed by atoms with Crippen molar-refractivity contribution in [3.8, 4) is 0 Å². The zero-order chi connectivity index (χ0) is 8.01. The average Bonchev–Trinajstić information content (AvgIpc) is 2.41. The third-order valence-electron chi connectivity index (χ3n) is 2.87. The van der Waals surface area contributed by atoms with E-state index in [-0.39, 0.29) is 11.9 Å². The third-order valence-corrected chi connectivity index (χ3v) is 2.87. The molecule has 2 aliphatic heterocycles. The van der Waals surface area contributed by atoms with Crippen LogP contribution in [-0.4, -0.2) is 34.6 Å². The highest BCUT2D eigenvalue weighted by Gasteiger charge is 2.45. The molecule has 0 spiro atoms. The van der Waals surface area contributed by atoms with Crippen LogP contribution in [0, 0.1) is 5.92 Å². The van der Waals surface area contributed by atoms with Crippen LogP contribution in [0.4, 0.5) is 0 Å². The molecule has 1 amide bonds. The van der Waals surface area contributed by atoms with Gasteiger partial charge in [0.25, 0.3) is 0 Å². The summed E-state index contributed by atoms with van der Waals surface area (Å²) in [5, 5.41) is 9.48. The van der Waals surface area contributed by atoms with Crippen LogP contribution in [-0.2, 0) is 4.79 Å². The summed E-state index contributed by atoms with van der Waals surface area (Å²) < 4.78 is 0. The summed E-state index contributed by atoms with van der Waals surface area (Å²) in [6, 6.07) is 0.127. The van der Waals surface area contributed by atoms with Crippen molar-refractivity contribution in [3.05, 3.63) is 0 Å². The van der Waals surface area contributed by atoms with Crippen LogP contribution in [0.5, 0.6) is 0 Å². The van der Waals surface area contributed by atoms with Gasteiger partial charge in [0.2, 0.25) is 5.91 Å². The predicted octanol–water partition coefficient (Wildman–Crippen LogP) is -0.0120. The molecule has 0 unspecified atom stereocenters. The molecule has 0 aromatic rings. The number of aliphatic hydroxyl groups is 1. The highest BCUT2D eigenvalue weighted by molar-refractivity contribution is 5.80. The minimum Gasteiger partial charge on any atom is -0.390 e. The molecule has 3 heteroatoms. The van der Waals surface area contributed by atoms with E-state index in [1.165, 1.54) is 0 Å². The second-order valence-corrected chi connectivity index (χ2v) is 3.62. The molecule has 0 bridgehead atoms. The summed E-state index contributed by atoms with van der Waals surface area (Å²) in [6.07, 6.45) is 0.989. The van der Waals surface area contributed by atoms with Crippen LogP contribution in [0.25, 0.3) is 0 Å². The summed E-state index contributed by atoms with van der Waals surface area (Å²) in [5.74, 6) is 0.614. The fourth-order valence-electron chi connectivity index (χ4n) is 2.26. The molecule has 2 saturated heterocycles. The van der Waals surface area contributed by atoms with Crippen molar-refractivity contribution < 1.29 is 9.90 Å². The highest BCUT2D eigenvalue weighted by Crippen LogP contribution is 2.33. The van der Waals surface area contributed by atoms with Crippen molar-refractivity contribution in [3.63, 3.8) is 0 Å². The van der Waals surface area contributed by atoms with Crippen LogP contribution < -0.4 is 0 Å². The first-order valence-electron chi connectivity index (χ1n) is 4.17. The van der Waals surface area contributed by atoms with Crippen molar-refractivity contribution >= 4 is 5.91 Å². The summed E-state index contributed by atoms with van der Waals surface area (Å²) in [6.45, 7) is 2.95. The second-order valence-electron chi connectivity index (χ2n) is 3.62. The van der Waals surface area contributed by atoms with Crippen molar-refractivity contribution in [1.29, 1.82) is 0 Å². The van der Waals surface area contributed by atoms with Gasteiger partial charge in [0, 0.05) is 6.54 Å². The normalized spacial score (nSPS) is 43.3. The molecule has 0 aromatic carbocycles. The average molecular weight is 155 g/mol. The fraction of sp³-hybridized carbons (Fsp3) is 0.875. The summed E-state index contributed by atoms with van der Waals surface area (Å²) in [7, 11) is 0. The van der Waals surface area contributed by atoms with Gasteiger partial charge in [-0.2, -0.15) is 0 Å². The van der Waals surface area contributed by atoms with Crippen LogP contribution in [0.1, 0.15) is 19.8 Å². The van der Waals surface area contributed by atoms with E-state index < -0.39 is 6.10 Å². The van der Waals surface area contributed by atoms with E-state index in [1.807, 2.05) is 4.90 Å². The molecular formula is C8H13NO2. The van der Waals surface area contributed by atoms with Gasteiger partial charge in [-0.25, -0.2) is 0 Å². The predicted molar refractivity (Wildman–Crippen MR) is 39.9 cm³/mol. The lowest BCUT2D eigenvalue weighted by Crippen LogP contribution is -2.34. The number of amides is 1. The Balaban J connectivity index is 2.21. The van der Waals surface area contributed by atoms with Gasteiger partial charge in [-0.3, -0.25) is 4.79 Å². The molecule has 2 aliphatic rings. The van der Waals surface area contributed by atoms with E-state index in [1.54, 1.807) is 0 Å². The lowest BCUT2D eigenvalue weighted by atomic mass is 9.99. The smallest absolute Gasteiger partial charge is 0.225 e. The standard InChI is InChI=1S/C8H13NO2/c1-5-2-3-9-7(11)4-6(10)8(5)9/h5-6,8,10H,2-4H2,1H3/t5-,6+,8+/m1/s1. The molecule has 1 N–H and O–H groups in total. The Morgan fingerprint density at radius 2 is 2.36 bits per heavy atom. The third kappa shape index (κ3) is 0.872. The Morgan fingerprint density at radius 3 is 3.00 bits per heavy atom. The Bertz CT molecular complexity index is 193. The van der Waals surface area contributed by atoms with E-state index in [4.69, 9.17) is 0 Å². The van der Waals surface area contributed by atoms with Crippen molar-refractivity contribution in [2.24, 2.45) is 5.92 Å². The zero-order valence-electron chi connectivity index (χ0n) is 6.66. The van der Waals surface area contributed by atoms with Gasteiger partial charge in [-0.1, -0.05) is 6.92 Å². The largest absolute Gasteiger partial charge is 0.390 e. The zero-order valence-corrected chi connectivity index (χ0v) is 6.66. The molecule has 2 heterocycles. The van der Waals surface area contributed by atoms with Crippen molar-refractivity contribution in [1.82, 2.24) is 4.90 Å². The van der Waals surface area contributed by atoms with Crippen molar-refractivity contribution in [2.45, 2.75) is 31.9 Å². The number of carbonyl (C=O) groups is 1. The molecule has 2 rings (SSSR count). The van der Waals surface area contributed by atoms with E-state index in [2.05, 4.69) is 6.92 Å². The first kappa shape index (κ1) is 7.10. The lowest BCUT2D eigenvalue weighted by Gasteiger charge is -2.19. The monoisotopic (exact) mass is 155 g/mol. The highest BCUT2D eigenvalue weighted by atomic mass is 16.3.